The molecule has 1 heteroatoms. The van der Waals surface area contributed by atoms with Crippen molar-refractivity contribution >= 4 is 26.4 Å². The molecule has 0 atom stereocenters. The summed E-state index contributed by atoms with van der Waals surface area (Å²) in [5.74, 6) is 0. The SMILES string of the molecule is CC1=Cc2ccc3ccccc3c2C1.C[SiH2]C. The third-order valence-electron chi connectivity index (χ3n) is 2.93. The molecule has 2 aromatic carbocycles. The van der Waals surface area contributed by atoms with Gasteiger partial charge in [-0.05, 0) is 35.2 Å². The van der Waals surface area contributed by atoms with E-state index < -0.39 is 0 Å². The number of fused-ring (bicyclic) bond motifs is 3. The Balaban J connectivity index is 0.000000329. The maximum atomic E-state index is 2.29. The van der Waals surface area contributed by atoms with E-state index in [1.165, 1.54) is 27.5 Å². The summed E-state index contributed by atoms with van der Waals surface area (Å²) in [6, 6.07) is 13.1. The summed E-state index contributed by atoms with van der Waals surface area (Å²) < 4.78 is 0. The molecule has 0 bridgehead atoms. The van der Waals surface area contributed by atoms with Gasteiger partial charge in [-0.1, -0.05) is 61.1 Å². The zero-order valence-electron chi connectivity index (χ0n) is 11.0. The first-order chi connectivity index (χ1) is 8.26. The summed E-state index contributed by atoms with van der Waals surface area (Å²) >= 11 is 0. The van der Waals surface area contributed by atoms with Crippen LogP contribution in [0.1, 0.15) is 18.1 Å². The first kappa shape index (κ1) is 12.1. The first-order valence-corrected chi connectivity index (χ1v) is 9.27. The Kier molecular flexibility index (Phi) is 3.80. The largest absolute Gasteiger partial charge is 0.0750 e. The molecule has 88 valence electrons. The quantitative estimate of drug-likeness (QED) is 0.609. The molecule has 0 aromatic heterocycles. The van der Waals surface area contributed by atoms with Crippen molar-refractivity contribution in [3.63, 3.8) is 0 Å². The van der Waals surface area contributed by atoms with Crippen LogP contribution >= 0.6 is 0 Å². The van der Waals surface area contributed by atoms with Crippen LogP contribution in [0, 0.1) is 0 Å². The lowest BCUT2D eigenvalue weighted by atomic mass is 10.0. The third kappa shape index (κ3) is 2.50. The zero-order valence-corrected chi connectivity index (χ0v) is 12.4. The van der Waals surface area contributed by atoms with Crippen LogP contribution in [0.3, 0.4) is 0 Å². The Labute approximate surface area is 106 Å². The molecule has 0 fully saturated rings. The average molecular weight is 240 g/mol. The number of hydrogen-bond donors (Lipinski definition) is 0. The van der Waals surface area contributed by atoms with Crippen molar-refractivity contribution in [2.45, 2.75) is 26.4 Å². The van der Waals surface area contributed by atoms with Crippen LogP contribution in [0.5, 0.6) is 0 Å². The number of benzene rings is 2. The van der Waals surface area contributed by atoms with Gasteiger partial charge in [0, 0.05) is 9.52 Å². The van der Waals surface area contributed by atoms with E-state index in [2.05, 4.69) is 62.5 Å². The highest BCUT2D eigenvalue weighted by Crippen LogP contribution is 2.31. The van der Waals surface area contributed by atoms with Gasteiger partial charge in [0.2, 0.25) is 0 Å². The highest BCUT2D eigenvalue weighted by molar-refractivity contribution is 6.31. The topological polar surface area (TPSA) is 0 Å². The lowest BCUT2D eigenvalue weighted by Gasteiger charge is -2.04. The Hall–Kier alpha value is -1.34. The van der Waals surface area contributed by atoms with Crippen LogP contribution in [0.4, 0.5) is 0 Å². The third-order valence-corrected chi connectivity index (χ3v) is 2.93. The van der Waals surface area contributed by atoms with Gasteiger partial charge in [0.25, 0.3) is 0 Å². The van der Waals surface area contributed by atoms with Gasteiger partial charge in [-0.15, -0.1) is 0 Å². The Bertz CT molecular complexity index is 552. The predicted octanol–water partition coefficient (Wildman–Crippen LogP) is 4.05. The molecular formula is C16H20Si. The lowest BCUT2D eigenvalue weighted by molar-refractivity contribution is 1.21. The Morgan fingerprint density at radius 3 is 2.47 bits per heavy atom. The minimum atomic E-state index is 0.417. The fraction of sp³-hybridized carbons (Fsp3) is 0.250. The van der Waals surface area contributed by atoms with Crippen molar-refractivity contribution in [2.75, 3.05) is 0 Å². The summed E-state index contributed by atoms with van der Waals surface area (Å²) in [4.78, 5) is 0. The summed E-state index contributed by atoms with van der Waals surface area (Å²) in [5, 5.41) is 2.77. The van der Waals surface area contributed by atoms with Crippen LogP contribution in [-0.2, 0) is 6.42 Å². The van der Waals surface area contributed by atoms with E-state index in [4.69, 9.17) is 0 Å². The second-order valence-corrected chi connectivity index (χ2v) is 6.14. The maximum Gasteiger partial charge on any atom is 0.0135 e. The van der Waals surface area contributed by atoms with Gasteiger partial charge in [-0.3, -0.25) is 0 Å². The van der Waals surface area contributed by atoms with E-state index in [1.807, 2.05) is 0 Å². The fourth-order valence-electron chi connectivity index (χ4n) is 2.28. The molecule has 0 saturated heterocycles. The number of allylic oxidation sites excluding steroid dienone is 1. The van der Waals surface area contributed by atoms with Gasteiger partial charge >= 0.3 is 0 Å². The molecule has 1 aliphatic carbocycles. The van der Waals surface area contributed by atoms with E-state index in [9.17, 15) is 0 Å². The van der Waals surface area contributed by atoms with Crippen molar-refractivity contribution in [2.24, 2.45) is 0 Å². The summed E-state index contributed by atoms with van der Waals surface area (Å²) in [6.07, 6.45) is 3.42. The Morgan fingerprint density at radius 1 is 1.00 bits per heavy atom. The molecule has 0 unspecified atom stereocenters. The van der Waals surface area contributed by atoms with Crippen molar-refractivity contribution in [3.05, 3.63) is 53.1 Å². The van der Waals surface area contributed by atoms with Gasteiger partial charge in [0.15, 0.2) is 0 Å². The second-order valence-electron chi connectivity index (χ2n) is 4.73. The van der Waals surface area contributed by atoms with Crippen molar-refractivity contribution in [1.29, 1.82) is 0 Å². The minimum absolute atomic E-state index is 0.417. The fourth-order valence-corrected chi connectivity index (χ4v) is 2.28. The van der Waals surface area contributed by atoms with Crippen LogP contribution in [-0.4, -0.2) is 9.52 Å². The molecule has 17 heavy (non-hydrogen) atoms. The van der Waals surface area contributed by atoms with Gasteiger partial charge in [-0.2, -0.15) is 0 Å². The van der Waals surface area contributed by atoms with Gasteiger partial charge in [0.05, 0.1) is 0 Å². The Morgan fingerprint density at radius 2 is 1.71 bits per heavy atom. The molecule has 0 spiro atoms. The molecule has 0 aliphatic heterocycles. The highest BCUT2D eigenvalue weighted by Gasteiger charge is 2.11. The van der Waals surface area contributed by atoms with Crippen molar-refractivity contribution in [1.82, 2.24) is 0 Å². The maximum absolute atomic E-state index is 2.29. The molecule has 0 saturated carbocycles. The van der Waals surface area contributed by atoms with Crippen molar-refractivity contribution < 1.29 is 0 Å². The summed E-state index contributed by atoms with van der Waals surface area (Å²) in [7, 11) is 0.417. The molecule has 0 nitrogen and oxygen atoms in total. The van der Waals surface area contributed by atoms with Crippen LogP contribution in [0.2, 0.25) is 13.1 Å². The van der Waals surface area contributed by atoms with Crippen LogP contribution in [0.25, 0.3) is 16.8 Å². The number of rotatable bonds is 0. The van der Waals surface area contributed by atoms with E-state index in [0.717, 1.165) is 6.42 Å². The monoisotopic (exact) mass is 240 g/mol. The zero-order chi connectivity index (χ0) is 12.3. The molecule has 0 amide bonds. The van der Waals surface area contributed by atoms with Gasteiger partial charge in [-0.25, -0.2) is 0 Å². The first-order valence-electron chi connectivity index (χ1n) is 6.44. The molecule has 0 radical (unpaired) electrons. The molecule has 0 N–H and O–H groups in total. The van der Waals surface area contributed by atoms with E-state index in [1.54, 1.807) is 0 Å². The summed E-state index contributed by atoms with van der Waals surface area (Å²) in [5.41, 5.74) is 4.37. The van der Waals surface area contributed by atoms with Crippen LogP contribution in [0.15, 0.2) is 42.0 Å². The van der Waals surface area contributed by atoms with Gasteiger partial charge < -0.3 is 0 Å². The van der Waals surface area contributed by atoms with Crippen LogP contribution < -0.4 is 0 Å². The molecule has 3 rings (SSSR count). The number of hydrogen-bond acceptors (Lipinski definition) is 0. The lowest BCUT2D eigenvalue weighted by Crippen LogP contribution is -1.85. The van der Waals surface area contributed by atoms with Gasteiger partial charge in [0.1, 0.15) is 0 Å². The average Bonchev–Trinajstić information content (AvgIpc) is 2.71. The molecule has 1 aliphatic rings. The van der Waals surface area contributed by atoms with E-state index in [-0.39, 0.29) is 0 Å². The van der Waals surface area contributed by atoms with E-state index in [0.29, 0.717) is 9.52 Å². The normalized spacial score (nSPS) is 12.8. The summed E-state index contributed by atoms with van der Waals surface area (Å²) in [6.45, 7) is 6.73. The second kappa shape index (κ2) is 5.33. The van der Waals surface area contributed by atoms with E-state index >= 15 is 0 Å². The predicted molar refractivity (Wildman–Crippen MR) is 81.6 cm³/mol. The standard InChI is InChI=1S/C14H12.C2H8Si/c1-10-8-12-7-6-11-4-2-3-5-13(11)14(12)9-10;1-3-2/h2-8H,9H2,1H3;3H2,1-2H3. The smallest absolute Gasteiger partial charge is 0.0135 e. The molecule has 0 heterocycles. The molecule has 2 aromatic rings. The molecular weight excluding hydrogens is 220 g/mol. The highest BCUT2D eigenvalue weighted by atomic mass is 28.2. The van der Waals surface area contributed by atoms with Crippen molar-refractivity contribution in [3.8, 4) is 0 Å². The minimum Gasteiger partial charge on any atom is -0.0750 e.